The Labute approximate surface area is 238 Å². The molecule has 0 spiro atoms. The van der Waals surface area contributed by atoms with Gasteiger partial charge >= 0.3 is 0 Å². The number of hydrogen-bond donors (Lipinski definition) is 3. The van der Waals surface area contributed by atoms with Crippen molar-refractivity contribution < 1.29 is 9.59 Å². The van der Waals surface area contributed by atoms with Crippen molar-refractivity contribution in [3.05, 3.63) is 59.0 Å². The molecule has 1 saturated carbocycles. The zero-order valence-corrected chi connectivity index (χ0v) is 23.6. The van der Waals surface area contributed by atoms with Crippen molar-refractivity contribution in [2.45, 2.75) is 56.4 Å². The van der Waals surface area contributed by atoms with Gasteiger partial charge in [0.05, 0.1) is 11.9 Å². The van der Waals surface area contributed by atoms with Gasteiger partial charge in [-0.05, 0) is 99.9 Å². The summed E-state index contributed by atoms with van der Waals surface area (Å²) in [6.07, 6.45) is 8.04. The first-order valence-corrected chi connectivity index (χ1v) is 14.9. The van der Waals surface area contributed by atoms with Crippen LogP contribution in [0.25, 0.3) is 0 Å². The van der Waals surface area contributed by atoms with Crippen molar-refractivity contribution in [2.75, 3.05) is 43.4 Å². The molecule has 1 aromatic carbocycles. The summed E-state index contributed by atoms with van der Waals surface area (Å²) < 4.78 is 4.67. The first-order valence-electron chi connectivity index (χ1n) is 14.2. The molecule has 2 aromatic heterocycles. The molecule has 2 aliphatic heterocycles. The fourth-order valence-corrected chi connectivity index (χ4v) is 6.38. The van der Waals surface area contributed by atoms with E-state index in [4.69, 9.17) is 10.7 Å². The van der Waals surface area contributed by atoms with Crippen LogP contribution in [0.5, 0.6) is 0 Å². The van der Waals surface area contributed by atoms with Crippen molar-refractivity contribution in [1.82, 2.24) is 24.6 Å². The van der Waals surface area contributed by atoms with Gasteiger partial charge < -0.3 is 26.2 Å². The topological polar surface area (TPSA) is 129 Å². The standard InChI is InChI=1S/C29H36N8O2S/c1-36-13-10-20(11-14-36)23-15-25(40-35-23)34-28-26(27(30)38)31-16-24(33-28)37-12-2-3-22(17-37)32-29(39)21-8-6-19(7-9-21)18-4-5-18/h6-9,15-16,18,20,22H,2-5,10-14,17H2,1H3,(H2,30,38)(H,32,39)(H,33,34)/t22-/m1/s1. The number of hydrogen-bond acceptors (Lipinski definition) is 9. The van der Waals surface area contributed by atoms with E-state index >= 15 is 0 Å². The highest BCUT2D eigenvalue weighted by Crippen LogP contribution is 2.40. The average Bonchev–Trinajstić information content (AvgIpc) is 3.72. The normalized spacial score (nSPS) is 20.3. The summed E-state index contributed by atoms with van der Waals surface area (Å²) in [7, 11) is 2.15. The van der Waals surface area contributed by atoms with E-state index in [9.17, 15) is 9.59 Å². The van der Waals surface area contributed by atoms with Crippen LogP contribution in [0, 0.1) is 0 Å². The van der Waals surface area contributed by atoms with Gasteiger partial charge in [0.25, 0.3) is 11.8 Å². The number of nitrogens with two attached hydrogens (primary N) is 1. The van der Waals surface area contributed by atoms with Crippen LogP contribution >= 0.6 is 11.5 Å². The maximum atomic E-state index is 12.9. The van der Waals surface area contributed by atoms with Crippen LogP contribution in [0.4, 0.5) is 16.6 Å². The summed E-state index contributed by atoms with van der Waals surface area (Å²) in [6.45, 7) is 3.52. The number of carbonyl (C=O) groups excluding carboxylic acids is 2. The molecule has 0 bridgehead atoms. The average molecular weight is 561 g/mol. The fraction of sp³-hybridized carbons (Fsp3) is 0.483. The van der Waals surface area contributed by atoms with Crippen molar-refractivity contribution >= 4 is 40.0 Å². The zero-order valence-electron chi connectivity index (χ0n) is 22.8. The highest BCUT2D eigenvalue weighted by molar-refractivity contribution is 7.10. The molecular weight excluding hydrogens is 524 g/mol. The van der Waals surface area contributed by atoms with E-state index in [1.54, 1.807) is 6.20 Å². The number of nitrogens with zero attached hydrogens (tertiary/aromatic N) is 5. The zero-order chi connectivity index (χ0) is 27.6. The highest BCUT2D eigenvalue weighted by atomic mass is 32.1. The van der Waals surface area contributed by atoms with Crippen LogP contribution in [0.1, 0.15) is 82.5 Å². The third-order valence-electron chi connectivity index (χ3n) is 8.20. The smallest absolute Gasteiger partial charge is 0.271 e. The van der Waals surface area contributed by atoms with E-state index in [0.29, 0.717) is 35.6 Å². The molecule has 3 aromatic rings. The lowest BCUT2D eigenvalue weighted by Crippen LogP contribution is -2.48. The second kappa shape index (κ2) is 11.5. The van der Waals surface area contributed by atoms with Gasteiger partial charge in [0.2, 0.25) is 0 Å². The molecule has 11 heteroatoms. The summed E-state index contributed by atoms with van der Waals surface area (Å²) >= 11 is 1.36. The SMILES string of the molecule is CN1CCC(c2cc(Nc3nc(N4CCC[C@@H](NC(=O)c5ccc(C6CC6)cc5)C4)cnc3C(N)=O)sn2)CC1. The van der Waals surface area contributed by atoms with Gasteiger partial charge in [0.1, 0.15) is 10.8 Å². The number of benzene rings is 1. The molecule has 40 heavy (non-hydrogen) atoms. The molecule has 0 radical (unpaired) electrons. The summed E-state index contributed by atoms with van der Waals surface area (Å²) in [5.74, 6) is 1.37. The number of likely N-dealkylation sites (tertiary alicyclic amines) is 1. The van der Waals surface area contributed by atoms with Gasteiger partial charge in [0.15, 0.2) is 11.5 Å². The monoisotopic (exact) mass is 560 g/mol. The number of aromatic nitrogens is 3. The lowest BCUT2D eigenvalue weighted by atomic mass is 9.94. The fourth-order valence-electron chi connectivity index (χ4n) is 5.66. The van der Waals surface area contributed by atoms with E-state index in [0.717, 1.165) is 56.0 Å². The number of piperidine rings is 2. The predicted octanol–water partition coefficient (Wildman–Crippen LogP) is 3.86. The van der Waals surface area contributed by atoms with E-state index < -0.39 is 5.91 Å². The highest BCUT2D eigenvalue weighted by Gasteiger charge is 2.26. The molecule has 3 aliphatic rings. The van der Waals surface area contributed by atoms with Crippen LogP contribution in [0.15, 0.2) is 36.5 Å². The molecule has 2 amide bonds. The minimum atomic E-state index is -0.641. The molecule has 0 unspecified atom stereocenters. The molecule has 3 fully saturated rings. The van der Waals surface area contributed by atoms with Gasteiger partial charge in [0, 0.05) is 30.6 Å². The van der Waals surface area contributed by atoms with E-state index in [1.807, 2.05) is 18.2 Å². The molecule has 2 saturated heterocycles. The molecule has 4 N–H and O–H groups in total. The van der Waals surface area contributed by atoms with Crippen LogP contribution in [0.2, 0.25) is 0 Å². The summed E-state index contributed by atoms with van der Waals surface area (Å²) in [5, 5.41) is 7.25. The largest absolute Gasteiger partial charge is 0.364 e. The number of anilines is 3. The van der Waals surface area contributed by atoms with E-state index in [1.165, 1.54) is 29.9 Å². The van der Waals surface area contributed by atoms with Gasteiger partial charge in [-0.3, -0.25) is 9.59 Å². The van der Waals surface area contributed by atoms with Crippen LogP contribution < -0.4 is 21.3 Å². The molecule has 6 rings (SSSR count). The third kappa shape index (κ3) is 6.10. The Hall–Kier alpha value is -3.57. The Morgan fingerprint density at radius 1 is 1.02 bits per heavy atom. The maximum absolute atomic E-state index is 12.9. The van der Waals surface area contributed by atoms with Crippen LogP contribution in [-0.4, -0.2) is 70.3 Å². The quantitative estimate of drug-likeness (QED) is 0.379. The van der Waals surface area contributed by atoms with E-state index in [2.05, 4.69) is 49.0 Å². The first kappa shape index (κ1) is 26.6. The van der Waals surface area contributed by atoms with Crippen molar-refractivity contribution in [3.63, 3.8) is 0 Å². The minimum absolute atomic E-state index is 0.0167. The first-order chi connectivity index (χ1) is 19.4. The summed E-state index contributed by atoms with van der Waals surface area (Å²) in [4.78, 5) is 38.7. The Bertz CT molecular complexity index is 1360. The van der Waals surface area contributed by atoms with Crippen molar-refractivity contribution in [3.8, 4) is 0 Å². The Kier molecular flexibility index (Phi) is 7.66. The van der Waals surface area contributed by atoms with E-state index in [-0.39, 0.29) is 17.6 Å². The third-order valence-corrected chi connectivity index (χ3v) is 8.92. The Morgan fingerprint density at radius 2 is 1.80 bits per heavy atom. The molecule has 1 atom stereocenters. The lowest BCUT2D eigenvalue weighted by molar-refractivity contribution is 0.0932. The maximum Gasteiger partial charge on any atom is 0.271 e. The van der Waals surface area contributed by atoms with Gasteiger partial charge in [-0.25, -0.2) is 9.97 Å². The molecule has 10 nitrogen and oxygen atoms in total. The number of nitrogens with one attached hydrogen (secondary N) is 2. The molecule has 210 valence electrons. The molecule has 4 heterocycles. The Balaban J connectivity index is 1.13. The number of carbonyl (C=O) groups is 2. The summed E-state index contributed by atoms with van der Waals surface area (Å²) in [5.41, 5.74) is 8.80. The molecular formula is C29H36N8O2S. The minimum Gasteiger partial charge on any atom is -0.364 e. The number of primary amides is 1. The Morgan fingerprint density at radius 3 is 2.52 bits per heavy atom. The van der Waals surface area contributed by atoms with Gasteiger partial charge in [-0.15, -0.1) is 0 Å². The van der Waals surface area contributed by atoms with Crippen molar-refractivity contribution in [2.24, 2.45) is 5.73 Å². The van der Waals surface area contributed by atoms with Gasteiger partial charge in [-0.2, -0.15) is 4.37 Å². The van der Waals surface area contributed by atoms with Gasteiger partial charge in [-0.1, -0.05) is 12.1 Å². The molecule has 1 aliphatic carbocycles. The lowest BCUT2D eigenvalue weighted by Gasteiger charge is -2.34. The van der Waals surface area contributed by atoms with Crippen molar-refractivity contribution in [1.29, 1.82) is 0 Å². The number of rotatable bonds is 8. The predicted molar refractivity (Wildman–Crippen MR) is 157 cm³/mol. The second-order valence-corrected chi connectivity index (χ2v) is 12.1. The van der Waals surface area contributed by atoms with Crippen LogP contribution in [-0.2, 0) is 0 Å². The number of amides is 2. The second-order valence-electron chi connectivity index (χ2n) is 11.3. The summed E-state index contributed by atoms with van der Waals surface area (Å²) in [6, 6.07) is 10.0. The van der Waals surface area contributed by atoms with Crippen LogP contribution in [0.3, 0.4) is 0 Å².